The van der Waals surface area contributed by atoms with Crippen LogP contribution in [0.15, 0.2) is 37.2 Å². The molecule has 0 saturated carbocycles. The van der Waals surface area contributed by atoms with Crippen LogP contribution in [-0.2, 0) is 0 Å². The van der Waals surface area contributed by atoms with E-state index in [1.807, 2.05) is 38.8 Å². The molecule has 82 valence electrons. The van der Waals surface area contributed by atoms with Crippen LogP contribution in [-0.4, -0.2) is 22.0 Å². The van der Waals surface area contributed by atoms with Gasteiger partial charge >= 0.3 is 0 Å². The molecule has 0 saturated heterocycles. The summed E-state index contributed by atoms with van der Waals surface area (Å²) in [6.07, 6.45) is 8.87. The van der Waals surface area contributed by atoms with Crippen molar-refractivity contribution in [1.82, 2.24) is 20.3 Å². The fraction of sp³-hybridized carbons (Fsp3) is 0.250. The molecular formula is C12H14N4. The lowest BCUT2D eigenvalue weighted by Crippen LogP contribution is -2.18. The third-order valence-electron chi connectivity index (χ3n) is 2.43. The Bertz CT molecular complexity index is 456. The average Bonchev–Trinajstić information content (AvgIpc) is 2.31. The number of hydrogen-bond donors (Lipinski definition) is 1. The van der Waals surface area contributed by atoms with Crippen LogP contribution in [0.25, 0.3) is 0 Å². The Kier molecular flexibility index (Phi) is 3.22. The van der Waals surface area contributed by atoms with Crippen molar-refractivity contribution < 1.29 is 0 Å². The van der Waals surface area contributed by atoms with Gasteiger partial charge in [0.15, 0.2) is 0 Å². The molecular weight excluding hydrogens is 200 g/mol. The Hall–Kier alpha value is -1.81. The Morgan fingerprint density at radius 2 is 1.69 bits per heavy atom. The van der Waals surface area contributed by atoms with E-state index in [2.05, 4.69) is 26.3 Å². The minimum Gasteiger partial charge on any atom is -0.309 e. The zero-order chi connectivity index (χ0) is 11.4. The lowest BCUT2D eigenvalue weighted by molar-refractivity contribution is 0.681. The monoisotopic (exact) mass is 214 g/mol. The van der Waals surface area contributed by atoms with E-state index in [4.69, 9.17) is 0 Å². The van der Waals surface area contributed by atoms with E-state index in [0.29, 0.717) is 0 Å². The molecule has 2 rings (SSSR count). The molecule has 1 unspecified atom stereocenters. The van der Waals surface area contributed by atoms with Gasteiger partial charge in [-0.2, -0.15) is 0 Å². The third-order valence-corrected chi connectivity index (χ3v) is 2.43. The quantitative estimate of drug-likeness (QED) is 0.841. The lowest BCUT2D eigenvalue weighted by Gasteiger charge is -2.16. The summed E-state index contributed by atoms with van der Waals surface area (Å²) in [6, 6.07) is 2.20. The average molecular weight is 214 g/mol. The maximum atomic E-state index is 4.20. The van der Waals surface area contributed by atoms with Gasteiger partial charge in [0.2, 0.25) is 0 Å². The Morgan fingerprint density at radius 1 is 1.00 bits per heavy atom. The molecule has 1 atom stereocenters. The standard InChI is InChI=1S/C12H14N4/c1-9-3-10(5-14-4-9)12(13-2)11-6-15-8-16-7-11/h3-8,12-13H,1-2H3. The minimum absolute atomic E-state index is 0.0913. The van der Waals surface area contributed by atoms with Crippen LogP contribution in [0.2, 0.25) is 0 Å². The molecule has 2 aromatic rings. The lowest BCUT2D eigenvalue weighted by atomic mass is 10.0. The van der Waals surface area contributed by atoms with Gasteiger partial charge in [-0.05, 0) is 25.1 Å². The fourth-order valence-electron chi connectivity index (χ4n) is 1.72. The summed E-state index contributed by atoms with van der Waals surface area (Å²) in [5, 5.41) is 3.24. The van der Waals surface area contributed by atoms with E-state index >= 15 is 0 Å². The molecule has 0 aliphatic rings. The summed E-state index contributed by atoms with van der Waals surface area (Å²) in [5.41, 5.74) is 3.31. The first kappa shape index (κ1) is 10.7. The van der Waals surface area contributed by atoms with Gasteiger partial charge in [0.25, 0.3) is 0 Å². The van der Waals surface area contributed by atoms with Gasteiger partial charge in [0, 0.05) is 30.4 Å². The Balaban J connectivity index is 2.37. The summed E-state index contributed by atoms with van der Waals surface area (Å²) in [7, 11) is 1.92. The molecule has 0 fully saturated rings. The molecule has 1 N–H and O–H groups in total. The van der Waals surface area contributed by atoms with Crippen molar-refractivity contribution in [2.45, 2.75) is 13.0 Å². The van der Waals surface area contributed by atoms with Crippen LogP contribution >= 0.6 is 0 Å². The third kappa shape index (κ3) is 2.23. The van der Waals surface area contributed by atoms with Crippen molar-refractivity contribution in [3.63, 3.8) is 0 Å². The Labute approximate surface area is 94.8 Å². The molecule has 4 heteroatoms. The first-order valence-electron chi connectivity index (χ1n) is 5.15. The summed E-state index contributed by atoms with van der Waals surface area (Å²) in [6.45, 7) is 2.03. The highest BCUT2D eigenvalue weighted by molar-refractivity contribution is 5.28. The highest BCUT2D eigenvalue weighted by atomic mass is 14.9. The van der Waals surface area contributed by atoms with Gasteiger partial charge < -0.3 is 5.32 Å². The van der Waals surface area contributed by atoms with Gasteiger partial charge in [0.05, 0.1) is 6.04 Å². The van der Waals surface area contributed by atoms with Gasteiger partial charge in [-0.25, -0.2) is 9.97 Å². The minimum atomic E-state index is 0.0913. The van der Waals surface area contributed by atoms with E-state index in [0.717, 1.165) is 16.7 Å². The van der Waals surface area contributed by atoms with Crippen molar-refractivity contribution in [2.75, 3.05) is 7.05 Å². The van der Waals surface area contributed by atoms with Crippen molar-refractivity contribution in [1.29, 1.82) is 0 Å². The molecule has 0 spiro atoms. The smallest absolute Gasteiger partial charge is 0.115 e. The summed E-state index contributed by atoms with van der Waals surface area (Å²) < 4.78 is 0. The van der Waals surface area contributed by atoms with E-state index in [1.54, 1.807) is 0 Å². The number of aryl methyl sites for hydroxylation is 1. The number of nitrogens with zero attached hydrogens (tertiary/aromatic N) is 3. The maximum absolute atomic E-state index is 4.20. The molecule has 2 aromatic heterocycles. The molecule has 16 heavy (non-hydrogen) atoms. The molecule has 0 amide bonds. The van der Waals surface area contributed by atoms with E-state index in [1.165, 1.54) is 6.33 Å². The molecule has 0 aromatic carbocycles. The van der Waals surface area contributed by atoms with Gasteiger partial charge in [-0.15, -0.1) is 0 Å². The number of nitrogens with one attached hydrogen (secondary N) is 1. The summed E-state index contributed by atoms with van der Waals surface area (Å²) >= 11 is 0. The van der Waals surface area contributed by atoms with Crippen molar-refractivity contribution in [3.05, 3.63) is 53.9 Å². The molecule has 0 aliphatic heterocycles. The van der Waals surface area contributed by atoms with Crippen LogP contribution in [0.1, 0.15) is 22.7 Å². The zero-order valence-electron chi connectivity index (χ0n) is 9.38. The first-order valence-corrected chi connectivity index (χ1v) is 5.15. The van der Waals surface area contributed by atoms with Crippen molar-refractivity contribution in [2.24, 2.45) is 0 Å². The van der Waals surface area contributed by atoms with Crippen LogP contribution in [0.4, 0.5) is 0 Å². The summed E-state index contributed by atoms with van der Waals surface area (Å²) in [4.78, 5) is 12.3. The second-order valence-corrected chi connectivity index (χ2v) is 3.69. The van der Waals surface area contributed by atoms with Crippen molar-refractivity contribution >= 4 is 0 Å². The molecule has 0 radical (unpaired) electrons. The van der Waals surface area contributed by atoms with Gasteiger partial charge in [0.1, 0.15) is 6.33 Å². The highest BCUT2D eigenvalue weighted by Crippen LogP contribution is 2.19. The van der Waals surface area contributed by atoms with Crippen LogP contribution in [0.5, 0.6) is 0 Å². The van der Waals surface area contributed by atoms with E-state index in [-0.39, 0.29) is 6.04 Å². The maximum Gasteiger partial charge on any atom is 0.115 e. The second kappa shape index (κ2) is 4.81. The van der Waals surface area contributed by atoms with Crippen LogP contribution in [0, 0.1) is 6.92 Å². The van der Waals surface area contributed by atoms with Crippen molar-refractivity contribution in [3.8, 4) is 0 Å². The normalized spacial score (nSPS) is 12.4. The predicted molar refractivity (Wildman–Crippen MR) is 61.9 cm³/mol. The Morgan fingerprint density at radius 3 is 2.31 bits per heavy atom. The van der Waals surface area contributed by atoms with E-state index in [9.17, 15) is 0 Å². The topological polar surface area (TPSA) is 50.7 Å². The predicted octanol–water partition coefficient (Wildman–Crippen LogP) is 1.49. The van der Waals surface area contributed by atoms with Gasteiger partial charge in [-0.1, -0.05) is 6.07 Å². The summed E-state index contributed by atoms with van der Waals surface area (Å²) in [5.74, 6) is 0. The van der Waals surface area contributed by atoms with E-state index < -0.39 is 0 Å². The number of pyridine rings is 1. The molecule has 2 heterocycles. The van der Waals surface area contributed by atoms with Crippen LogP contribution in [0.3, 0.4) is 0 Å². The SMILES string of the molecule is CNC(c1cncnc1)c1cncc(C)c1. The molecule has 0 aliphatic carbocycles. The second-order valence-electron chi connectivity index (χ2n) is 3.69. The fourth-order valence-corrected chi connectivity index (χ4v) is 1.72. The zero-order valence-corrected chi connectivity index (χ0v) is 9.38. The molecule has 0 bridgehead atoms. The number of hydrogen-bond acceptors (Lipinski definition) is 4. The number of rotatable bonds is 3. The van der Waals surface area contributed by atoms with Gasteiger partial charge in [-0.3, -0.25) is 4.98 Å². The van der Waals surface area contributed by atoms with Crippen LogP contribution < -0.4 is 5.32 Å². The number of aromatic nitrogens is 3. The molecule has 4 nitrogen and oxygen atoms in total. The largest absolute Gasteiger partial charge is 0.309 e. The first-order chi connectivity index (χ1) is 7.81. The highest BCUT2D eigenvalue weighted by Gasteiger charge is 2.12.